The van der Waals surface area contributed by atoms with Gasteiger partial charge in [0.05, 0.1) is 24.5 Å². The van der Waals surface area contributed by atoms with E-state index in [9.17, 15) is 24.9 Å². The van der Waals surface area contributed by atoms with Gasteiger partial charge in [-0.2, -0.15) is 15.6 Å². The minimum absolute atomic E-state index is 0.0158. The Morgan fingerprint density at radius 3 is 2.33 bits per heavy atom. The number of anilines is 1. The molecular weight excluding hydrogens is 693 g/mol. The van der Waals surface area contributed by atoms with Crippen molar-refractivity contribution in [3.05, 3.63) is 48.0 Å². The molecule has 52 heavy (non-hydrogen) atoms. The molecule has 3 aromatic rings. The van der Waals surface area contributed by atoms with E-state index in [1.165, 1.54) is 87.0 Å². The summed E-state index contributed by atoms with van der Waals surface area (Å²) in [5, 5.41) is 45.7. The monoisotopic (exact) mass is 741 g/mol. The number of nitriles is 2. The Kier molecular flexibility index (Phi) is 13.6. The molecule has 0 radical (unpaired) electrons. The largest absolute Gasteiger partial charge is 0.472 e. The average molecular weight is 742 g/mol. The maximum Gasteiger partial charge on any atom is 0.472 e. The Bertz CT molecular complexity index is 1750. The lowest BCUT2D eigenvalue weighted by molar-refractivity contribution is -0.0761. The van der Waals surface area contributed by atoms with Crippen molar-refractivity contribution >= 4 is 19.2 Å². The Morgan fingerprint density at radius 1 is 1.02 bits per heavy atom. The molecule has 3 aromatic heterocycles. The highest BCUT2D eigenvalue weighted by atomic mass is 31.2. The fraction of sp³-hybridized carbons (Fsp3) is 0.629. The SMILES string of the molecule is CCCCCCCCCCCCCCOC[C@H](COP(=O)(O)OC1[C@@]2(C#N)O[C@@H](c3ccc4c(N)ncnn34)[C@H](O)[C@@]12O)Oc1ccc(C#N)cn1. The van der Waals surface area contributed by atoms with Gasteiger partial charge in [-0.25, -0.2) is 19.0 Å². The van der Waals surface area contributed by atoms with Crippen molar-refractivity contribution in [1.29, 1.82) is 10.5 Å². The van der Waals surface area contributed by atoms with Gasteiger partial charge in [-0.3, -0.25) is 9.05 Å². The van der Waals surface area contributed by atoms with Crippen LogP contribution in [0.1, 0.15) is 101 Å². The van der Waals surface area contributed by atoms with Gasteiger partial charge in [0.15, 0.2) is 17.5 Å². The molecule has 1 aliphatic carbocycles. The summed E-state index contributed by atoms with van der Waals surface area (Å²) in [5.41, 5.74) is 2.36. The van der Waals surface area contributed by atoms with Crippen LogP contribution in [0.15, 0.2) is 36.8 Å². The number of fused-ring (bicyclic) bond motifs is 2. The lowest BCUT2D eigenvalue weighted by Crippen LogP contribution is -2.35. The van der Waals surface area contributed by atoms with Gasteiger partial charge in [-0.1, -0.05) is 77.6 Å². The topological polar surface area (TPSA) is 241 Å². The van der Waals surface area contributed by atoms with Gasteiger partial charge in [-0.15, -0.1) is 0 Å². The van der Waals surface area contributed by atoms with E-state index in [2.05, 4.69) is 22.0 Å². The summed E-state index contributed by atoms with van der Waals surface area (Å²) in [5.74, 6) is 0.302. The van der Waals surface area contributed by atoms with Crippen molar-refractivity contribution in [2.45, 2.75) is 120 Å². The molecule has 0 amide bonds. The summed E-state index contributed by atoms with van der Waals surface area (Å²) < 4.78 is 42.5. The number of phosphoric acid groups is 1. The van der Waals surface area contributed by atoms with Crippen LogP contribution < -0.4 is 10.5 Å². The number of hydrogen-bond donors (Lipinski definition) is 4. The van der Waals surface area contributed by atoms with Gasteiger partial charge in [0.25, 0.3) is 0 Å². The predicted octanol–water partition coefficient (Wildman–Crippen LogP) is 4.68. The van der Waals surface area contributed by atoms with Gasteiger partial charge in [0.2, 0.25) is 11.5 Å². The number of nitrogen functional groups attached to an aromatic ring is 1. The molecule has 7 atom stereocenters. The number of nitrogens with two attached hydrogens (primary N) is 1. The number of rotatable bonds is 23. The summed E-state index contributed by atoms with van der Waals surface area (Å²) >= 11 is 0. The van der Waals surface area contributed by atoms with Crippen LogP contribution >= 0.6 is 7.82 Å². The molecule has 16 nitrogen and oxygen atoms in total. The minimum atomic E-state index is -4.98. The van der Waals surface area contributed by atoms with Crippen LogP contribution in [0.2, 0.25) is 0 Å². The standard InChI is InChI=1S/C35H48N7O9P/c1-2-3-4-5-6-7-8-9-10-11-12-13-18-47-21-26(49-29-17-14-25(19-36)20-39-29)22-48-52(45,46)51-33-34(23-37)35(33,44)31(43)30(50-34)27-15-16-28-32(38)40-24-41-42(27)28/h14-17,20,24,26,30-31,33,43-44H,2-13,18,21-22H2,1H3,(H,45,46)(H2,38,40,41)/t26-,30+,31+,33?,34-,35-/m1/s1. The van der Waals surface area contributed by atoms with Crippen LogP contribution in [0.3, 0.4) is 0 Å². The van der Waals surface area contributed by atoms with Crippen molar-refractivity contribution in [3.8, 4) is 18.0 Å². The van der Waals surface area contributed by atoms with Crippen LogP contribution in [0.5, 0.6) is 5.88 Å². The zero-order chi connectivity index (χ0) is 37.2. The molecule has 4 heterocycles. The number of pyridine rings is 1. The van der Waals surface area contributed by atoms with E-state index in [1.807, 2.05) is 6.07 Å². The summed E-state index contributed by atoms with van der Waals surface area (Å²) in [6, 6.07) is 9.90. The molecule has 5 rings (SSSR count). The van der Waals surface area contributed by atoms with Gasteiger partial charge in [0.1, 0.15) is 42.3 Å². The normalized spacial score (nSPS) is 25.2. The van der Waals surface area contributed by atoms with E-state index in [1.54, 1.807) is 18.2 Å². The Labute approximate surface area is 303 Å². The van der Waals surface area contributed by atoms with Gasteiger partial charge in [0, 0.05) is 18.9 Å². The van der Waals surface area contributed by atoms with E-state index < -0.39 is 50.0 Å². The molecule has 17 heteroatoms. The number of aliphatic hydroxyl groups is 2. The number of nitrogens with zero attached hydrogens (tertiary/aromatic N) is 6. The molecule has 2 unspecified atom stereocenters. The van der Waals surface area contributed by atoms with Crippen molar-refractivity contribution in [2.75, 3.05) is 25.6 Å². The summed E-state index contributed by atoms with van der Waals surface area (Å²) in [4.78, 5) is 18.7. The van der Waals surface area contributed by atoms with E-state index in [-0.39, 0.29) is 24.0 Å². The quantitative estimate of drug-likeness (QED) is 0.0762. The van der Waals surface area contributed by atoms with E-state index >= 15 is 0 Å². The van der Waals surface area contributed by atoms with Crippen LogP contribution in [-0.2, 0) is 23.1 Å². The second-order valence-corrected chi connectivity index (χ2v) is 14.7. The molecule has 5 N–H and O–H groups in total. The summed E-state index contributed by atoms with van der Waals surface area (Å²) in [6.45, 7) is 2.16. The second-order valence-electron chi connectivity index (χ2n) is 13.3. The van der Waals surface area contributed by atoms with Gasteiger partial charge < -0.3 is 35.1 Å². The van der Waals surface area contributed by atoms with Gasteiger partial charge >= 0.3 is 7.82 Å². The molecule has 0 spiro atoms. The third-order valence-electron chi connectivity index (χ3n) is 9.56. The maximum absolute atomic E-state index is 13.1. The number of aliphatic hydroxyl groups excluding tert-OH is 1. The molecule has 0 bridgehead atoms. The molecule has 2 fully saturated rings. The van der Waals surface area contributed by atoms with E-state index in [0.717, 1.165) is 19.3 Å². The Hall–Kier alpha value is -3.70. The second kappa shape index (κ2) is 17.9. The van der Waals surface area contributed by atoms with Crippen molar-refractivity contribution < 1.29 is 42.9 Å². The smallest absolute Gasteiger partial charge is 0.469 e. The number of unbranched alkanes of at least 4 members (excludes halogenated alkanes) is 11. The van der Waals surface area contributed by atoms with Crippen LogP contribution in [0, 0.1) is 22.7 Å². The Balaban J connectivity index is 1.10. The number of ether oxygens (including phenoxy) is 3. The first kappa shape index (κ1) is 39.5. The van der Waals surface area contributed by atoms with Crippen molar-refractivity contribution in [1.82, 2.24) is 19.6 Å². The van der Waals surface area contributed by atoms with Crippen LogP contribution in [0.4, 0.5) is 5.82 Å². The van der Waals surface area contributed by atoms with Crippen LogP contribution in [0.25, 0.3) is 5.52 Å². The lowest BCUT2D eigenvalue weighted by Gasteiger charge is -2.24. The third kappa shape index (κ3) is 8.90. The third-order valence-corrected chi connectivity index (χ3v) is 10.5. The first-order valence-electron chi connectivity index (χ1n) is 17.9. The van der Waals surface area contributed by atoms with Crippen molar-refractivity contribution in [2.24, 2.45) is 0 Å². The van der Waals surface area contributed by atoms with Gasteiger partial charge in [-0.05, 0) is 24.6 Å². The zero-order valence-electron chi connectivity index (χ0n) is 29.4. The molecular formula is C35H48N7O9P. The lowest BCUT2D eigenvalue weighted by atomic mass is 10.0. The summed E-state index contributed by atoms with van der Waals surface area (Å²) in [6.07, 6.45) is 11.4. The molecule has 1 saturated heterocycles. The molecule has 1 saturated carbocycles. The zero-order valence-corrected chi connectivity index (χ0v) is 30.3. The summed E-state index contributed by atoms with van der Waals surface area (Å²) in [7, 11) is -4.98. The first-order chi connectivity index (χ1) is 25.1. The molecule has 1 aliphatic heterocycles. The van der Waals surface area contributed by atoms with E-state index in [4.69, 9.17) is 34.3 Å². The molecule has 2 aliphatic rings. The number of aromatic nitrogens is 4. The van der Waals surface area contributed by atoms with E-state index in [0.29, 0.717) is 17.7 Å². The van der Waals surface area contributed by atoms with Crippen LogP contribution in [-0.4, -0.2) is 84.0 Å². The predicted molar refractivity (Wildman–Crippen MR) is 186 cm³/mol. The maximum atomic E-state index is 13.1. The average Bonchev–Trinajstić information content (AvgIpc) is 3.37. The minimum Gasteiger partial charge on any atom is -0.469 e. The first-order valence-corrected chi connectivity index (χ1v) is 19.4. The molecule has 0 aromatic carbocycles. The number of phosphoric ester groups is 1. The number of hydrogen-bond acceptors (Lipinski definition) is 14. The molecule has 282 valence electrons. The Morgan fingerprint density at radius 2 is 1.71 bits per heavy atom. The van der Waals surface area contributed by atoms with Crippen molar-refractivity contribution in [3.63, 3.8) is 0 Å². The highest BCUT2D eigenvalue weighted by Crippen LogP contribution is 2.68. The highest BCUT2D eigenvalue weighted by molar-refractivity contribution is 7.47. The fourth-order valence-corrected chi connectivity index (χ4v) is 7.58. The fourth-order valence-electron chi connectivity index (χ4n) is 6.59. The highest BCUT2D eigenvalue weighted by Gasteiger charge is 2.90.